The van der Waals surface area contributed by atoms with Gasteiger partial charge >= 0.3 is 0 Å². The molecule has 1 aliphatic rings. The molecule has 1 saturated carbocycles. The first-order chi connectivity index (χ1) is 4.52. The van der Waals surface area contributed by atoms with Crippen LogP contribution in [-0.2, 0) is 0 Å². The van der Waals surface area contributed by atoms with Gasteiger partial charge in [-0.2, -0.15) is 0 Å². The molecule has 1 fully saturated rings. The fourth-order valence-corrected chi connectivity index (χ4v) is 2.72. The summed E-state index contributed by atoms with van der Waals surface area (Å²) >= 11 is 7.35. The monoisotopic (exact) mass is 268 g/mol. The van der Waals surface area contributed by atoms with Crippen molar-refractivity contribution in [3.8, 4) is 0 Å². The van der Waals surface area contributed by atoms with Gasteiger partial charge in [0.1, 0.15) is 0 Å². The third-order valence-corrected chi connectivity index (χ3v) is 4.27. The van der Waals surface area contributed by atoms with Crippen molar-refractivity contribution in [1.82, 2.24) is 0 Å². The second-order valence-corrected chi connectivity index (χ2v) is 7.52. The van der Waals surface area contributed by atoms with Crippen molar-refractivity contribution in [2.45, 2.75) is 36.3 Å². The summed E-state index contributed by atoms with van der Waals surface area (Å²) in [5.74, 6) is 1.69. The van der Waals surface area contributed by atoms with E-state index in [1.165, 1.54) is 19.3 Å². The molecule has 2 heteroatoms. The maximum atomic E-state index is 3.68. The second-order valence-electron chi connectivity index (χ2n) is 3.63. The Hall–Kier alpha value is 0.960. The van der Waals surface area contributed by atoms with Gasteiger partial charge in [-0.3, -0.25) is 0 Å². The molecule has 0 saturated heterocycles. The number of hydrogen-bond acceptors (Lipinski definition) is 0. The molecule has 0 nitrogen and oxygen atoms in total. The number of hydrogen-bond donors (Lipinski definition) is 0. The number of alkyl halides is 2. The van der Waals surface area contributed by atoms with Crippen molar-refractivity contribution in [1.29, 1.82) is 0 Å². The summed E-state index contributed by atoms with van der Waals surface area (Å²) < 4.78 is 0.296. The molecule has 0 N–H and O–H groups in total. The average Bonchev–Trinajstić information content (AvgIpc) is 1.81. The zero-order valence-corrected chi connectivity index (χ0v) is 9.70. The number of rotatable bonds is 2. The summed E-state index contributed by atoms with van der Waals surface area (Å²) in [6, 6.07) is 0. The van der Waals surface area contributed by atoms with Crippen LogP contribution in [0.1, 0.15) is 33.1 Å². The van der Waals surface area contributed by atoms with E-state index in [0.717, 1.165) is 11.8 Å². The van der Waals surface area contributed by atoms with E-state index in [-0.39, 0.29) is 0 Å². The van der Waals surface area contributed by atoms with E-state index in [1.54, 1.807) is 0 Å². The Labute approximate surface area is 80.0 Å². The molecular formula is C8H14Br2. The van der Waals surface area contributed by atoms with Crippen LogP contribution >= 0.6 is 31.9 Å². The third-order valence-electron chi connectivity index (χ3n) is 2.18. The van der Waals surface area contributed by atoms with E-state index in [2.05, 4.69) is 45.7 Å². The Morgan fingerprint density at radius 2 is 2.10 bits per heavy atom. The summed E-state index contributed by atoms with van der Waals surface area (Å²) in [5.41, 5.74) is 0. The quantitative estimate of drug-likeness (QED) is 0.667. The van der Waals surface area contributed by atoms with Gasteiger partial charge in [0, 0.05) is 0 Å². The molecule has 1 unspecified atom stereocenters. The number of halogens is 2. The van der Waals surface area contributed by atoms with Crippen LogP contribution in [0.2, 0.25) is 0 Å². The maximum absolute atomic E-state index is 3.68. The van der Waals surface area contributed by atoms with E-state index in [0.29, 0.717) is 3.23 Å². The van der Waals surface area contributed by atoms with Crippen LogP contribution in [0.25, 0.3) is 0 Å². The van der Waals surface area contributed by atoms with Crippen LogP contribution in [0.15, 0.2) is 0 Å². The first-order valence-electron chi connectivity index (χ1n) is 3.90. The maximum Gasteiger partial charge on any atom is 0.0833 e. The van der Waals surface area contributed by atoms with E-state index >= 15 is 0 Å². The van der Waals surface area contributed by atoms with Gasteiger partial charge in [-0.25, -0.2) is 0 Å². The summed E-state index contributed by atoms with van der Waals surface area (Å²) in [6.07, 6.45) is 4.01. The largest absolute Gasteiger partial charge is 0.0833 e. The van der Waals surface area contributed by atoms with Crippen molar-refractivity contribution in [3.05, 3.63) is 0 Å². The van der Waals surface area contributed by atoms with Crippen molar-refractivity contribution < 1.29 is 0 Å². The Morgan fingerprint density at radius 3 is 2.20 bits per heavy atom. The predicted octanol–water partition coefficient (Wildman–Crippen LogP) is 3.93. The van der Waals surface area contributed by atoms with E-state index in [1.807, 2.05) is 0 Å². The van der Waals surface area contributed by atoms with Gasteiger partial charge in [-0.05, 0) is 31.1 Å². The van der Waals surface area contributed by atoms with Gasteiger partial charge in [0.2, 0.25) is 0 Å². The molecular weight excluding hydrogens is 256 g/mol. The summed E-state index contributed by atoms with van der Waals surface area (Å²) in [7, 11) is 0. The first-order valence-corrected chi connectivity index (χ1v) is 5.49. The fourth-order valence-electron chi connectivity index (χ4n) is 1.43. The minimum absolute atomic E-state index is 0.296. The van der Waals surface area contributed by atoms with Crippen LogP contribution in [0.5, 0.6) is 0 Å². The third kappa shape index (κ3) is 1.97. The standard InChI is InChI=1S/C8H14Br2/c1-6(2)5-7-3-4-8(7,9)10/h6-7H,3-5H2,1-2H3. The molecule has 0 heterocycles. The van der Waals surface area contributed by atoms with E-state index in [4.69, 9.17) is 0 Å². The van der Waals surface area contributed by atoms with Crippen LogP contribution in [0.4, 0.5) is 0 Å². The molecule has 1 rings (SSSR count). The van der Waals surface area contributed by atoms with Gasteiger partial charge in [0.25, 0.3) is 0 Å². The Balaban J connectivity index is 2.30. The summed E-state index contributed by atoms with van der Waals surface area (Å²) in [6.45, 7) is 4.57. The van der Waals surface area contributed by atoms with Crippen molar-refractivity contribution in [2.75, 3.05) is 0 Å². The lowest BCUT2D eigenvalue weighted by Gasteiger charge is -2.41. The molecule has 1 aliphatic carbocycles. The molecule has 0 aliphatic heterocycles. The molecule has 0 aromatic carbocycles. The first kappa shape index (κ1) is 9.05. The molecule has 10 heavy (non-hydrogen) atoms. The highest BCUT2D eigenvalue weighted by Crippen LogP contribution is 2.53. The molecule has 60 valence electrons. The zero-order valence-electron chi connectivity index (χ0n) is 6.53. The van der Waals surface area contributed by atoms with Crippen molar-refractivity contribution >= 4 is 31.9 Å². The van der Waals surface area contributed by atoms with Crippen molar-refractivity contribution in [2.24, 2.45) is 11.8 Å². The average molecular weight is 270 g/mol. The van der Waals surface area contributed by atoms with Crippen LogP contribution in [-0.4, -0.2) is 3.23 Å². The Kier molecular flexibility index (Phi) is 2.84. The summed E-state index contributed by atoms with van der Waals surface area (Å²) in [5, 5.41) is 0. The van der Waals surface area contributed by atoms with Gasteiger partial charge < -0.3 is 0 Å². The van der Waals surface area contributed by atoms with Gasteiger partial charge in [-0.1, -0.05) is 45.7 Å². The molecule has 0 amide bonds. The molecule has 0 aromatic heterocycles. The minimum atomic E-state index is 0.296. The molecule has 1 atom stereocenters. The second kappa shape index (κ2) is 3.14. The highest BCUT2D eigenvalue weighted by atomic mass is 79.9. The zero-order chi connectivity index (χ0) is 7.78. The molecule has 0 bridgehead atoms. The lowest BCUT2D eigenvalue weighted by molar-refractivity contribution is 0.264. The molecule has 0 spiro atoms. The fraction of sp³-hybridized carbons (Fsp3) is 1.00. The van der Waals surface area contributed by atoms with Crippen LogP contribution in [0.3, 0.4) is 0 Å². The molecule has 0 radical (unpaired) electrons. The lowest BCUT2D eigenvalue weighted by Crippen LogP contribution is -2.36. The van der Waals surface area contributed by atoms with E-state index in [9.17, 15) is 0 Å². The van der Waals surface area contributed by atoms with Crippen LogP contribution in [0, 0.1) is 11.8 Å². The lowest BCUT2D eigenvalue weighted by atomic mass is 9.79. The topological polar surface area (TPSA) is 0 Å². The highest BCUT2D eigenvalue weighted by Gasteiger charge is 2.42. The minimum Gasteiger partial charge on any atom is -0.0724 e. The normalized spacial score (nSPS) is 30.3. The Bertz CT molecular complexity index is 118. The predicted molar refractivity (Wildman–Crippen MR) is 52.8 cm³/mol. The summed E-state index contributed by atoms with van der Waals surface area (Å²) in [4.78, 5) is 0. The SMILES string of the molecule is CC(C)CC1CCC1(Br)Br. The van der Waals surface area contributed by atoms with Crippen LogP contribution < -0.4 is 0 Å². The Morgan fingerprint density at radius 1 is 1.50 bits per heavy atom. The van der Waals surface area contributed by atoms with Gasteiger partial charge in [0.15, 0.2) is 0 Å². The van der Waals surface area contributed by atoms with E-state index < -0.39 is 0 Å². The highest BCUT2D eigenvalue weighted by molar-refractivity contribution is 9.25. The van der Waals surface area contributed by atoms with Crippen molar-refractivity contribution in [3.63, 3.8) is 0 Å². The van der Waals surface area contributed by atoms with Gasteiger partial charge in [0.05, 0.1) is 3.23 Å². The smallest absolute Gasteiger partial charge is 0.0724 e. The molecule has 0 aromatic rings. The van der Waals surface area contributed by atoms with Gasteiger partial charge in [-0.15, -0.1) is 0 Å².